The van der Waals surface area contributed by atoms with E-state index in [1.54, 1.807) is 221 Å². The van der Waals surface area contributed by atoms with Gasteiger partial charge in [0, 0.05) is 236 Å². The van der Waals surface area contributed by atoms with Crippen LogP contribution in [0.15, 0.2) is 48.5 Å². The van der Waals surface area contributed by atoms with E-state index in [1.165, 1.54) is 113 Å². The second-order valence-corrected chi connectivity index (χ2v) is 55.7. The average Bonchev–Trinajstić information content (AvgIpc) is 0.847. The van der Waals surface area contributed by atoms with Crippen LogP contribution in [0.2, 0.25) is 42.3 Å². The number of esters is 2. The van der Waals surface area contributed by atoms with Gasteiger partial charge in [-0.15, -0.1) is 0 Å². The number of aliphatic hydroxyl groups is 2. The number of thioether (sulfide) groups is 2. The lowest BCUT2D eigenvalue weighted by Crippen LogP contribution is -2.42. The Bertz CT molecular complexity index is 2770. The highest BCUT2D eigenvalue weighted by atomic mass is 32.2. The lowest BCUT2D eigenvalue weighted by molar-refractivity contribution is -0.144. The van der Waals surface area contributed by atoms with Gasteiger partial charge in [0.25, 0.3) is 0 Å². The molecule has 0 radical (unpaired) electrons. The van der Waals surface area contributed by atoms with Crippen LogP contribution in [0.5, 0.6) is 11.5 Å². The van der Waals surface area contributed by atoms with E-state index in [-0.39, 0.29) is 49.9 Å². The van der Waals surface area contributed by atoms with Gasteiger partial charge in [-0.05, 0) is 113 Å². The van der Waals surface area contributed by atoms with E-state index in [2.05, 4.69) is 27.1 Å². The molecule has 0 aliphatic carbocycles. The minimum absolute atomic E-state index is 0.150. The Hall–Kier alpha value is -2.69. The van der Waals surface area contributed by atoms with Gasteiger partial charge in [-0.2, -0.15) is 23.5 Å². The molecule has 0 amide bonds. The maximum absolute atomic E-state index is 12.0. The molecule has 3 N–H and O–H groups in total. The number of rotatable bonds is 67. The molecule has 39 nitrogen and oxygen atoms in total. The first-order valence-electron chi connectivity index (χ1n) is 43.5. The van der Waals surface area contributed by atoms with Gasteiger partial charge in [-0.25, -0.2) is 0 Å². The van der Waals surface area contributed by atoms with E-state index >= 15 is 0 Å². The van der Waals surface area contributed by atoms with Crippen LogP contribution in [0, 0.1) is 0 Å². The molecule has 2 aromatic carbocycles. The average molecular weight is 2130 g/mol. The number of hydrogen-bond acceptors (Lipinski definition) is 41. The number of hydrogen-bond donors (Lipinski definition) is 3. The van der Waals surface area contributed by atoms with E-state index in [0.29, 0.717) is 47.0 Å². The number of carbonyl (C=O) groups excluding carboxylic acids is 4. The predicted octanol–water partition coefficient (Wildman–Crippen LogP) is 13.1. The van der Waals surface area contributed by atoms with Gasteiger partial charge in [-0.1, -0.05) is 98.8 Å². The summed E-state index contributed by atoms with van der Waals surface area (Å²) in [7, 11) is 16.0. The summed E-state index contributed by atoms with van der Waals surface area (Å²) in [6.07, 6.45) is 17.8. The molecule has 786 valence electrons. The highest BCUT2D eigenvalue weighted by Gasteiger charge is 2.42. The maximum atomic E-state index is 12.0. The Kier molecular flexibility index (Phi) is 100. The molecule has 2 rings (SSSR count). The first-order chi connectivity index (χ1) is 63.1. The van der Waals surface area contributed by atoms with Crippen LogP contribution in [0.25, 0.3) is 0 Å². The lowest BCUT2D eigenvalue weighted by Gasteiger charge is -2.24. The van der Waals surface area contributed by atoms with Gasteiger partial charge >= 0.3 is 101 Å². The number of ether oxygens (including phenoxy) is 4. The van der Waals surface area contributed by atoms with Gasteiger partial charge in [0.2, 0.25) is 0 Å². The zero-order valence-corrected chi connectivity index (χ0v) is 98.0. The highest BCUT2D eigenvalue weighted by Crippen LogP contribution is 2.25. The third kappa shape index (κ3) is 72.3. The number of carbonyl (C=O) groups is 4. The number of benzene rings is 2. The van der Waals surface area contributed by atoms with Gasteiger partial charge < -0.3 is 140 Å². The molecular formula is C82H172O39S2Si10. The van der Waals surface area contributed by atoms with Crippen LogP contribution < -0.4 is 9.47 Å². The van der Waals surface area contributed by atoms with Crippen LogP contribution >= 0.6 is 23.5 Å². The summed E-state index contributed by atoms with van der Waals surface area (Å²) in [6, 6.07) is 18.7. The van der Waals surface area contributed by atoms with Crippen molar-refractivity contribution in [1.82, 2.24) is 0 Å². The standard InChI is InChI=1S/2C21H34O8SSi.2C11H26O3Si.3C5H14O3Si.C3H10O4Si.2O2Si/c2*1-21(2,24)20(23)17-7-9-18(10-8-17)28-12-13-29-19(22)11-15-30-14-6-16-31(25-3,26-4)27-5;2*1-5-6-7-8-9-10-11-15(12-2,13-3)14-4;3*1-5-9(6-2,7-3)8-4;1-5-8(4,6-2)7-3;2*1-3-2/h2*7-10,24H,6,11-16H2,1-5H3;2*5-11H2,1-4H3;3*5H2,1-4H3;4H,1-3H3;;. The zero-order valence-electron chi connectivity index (χ0n) is 86.4. The molecule has 0 atom stereocenters. The van der Waals surface area contributed by atoms with Crippen LogP contribution in [-0.4, -0.2) is 359 Å². The van der Waals surface area contributed by atoms with Crippen molar-refractivity contribution in [3.63, 3.8) is 0 Å². The van der Waals surface area contributed by atoms with Crippen molar-refractivity contribution < 1.29 is 177 Å². The molecule has 0 unspecified atom stereocenters. The van der Waals surface area contributed by atoms with E-state index in [9.17, 15) is 29.4 Å². The lowest BCUT2D eigenvalue weighted by atomic mass is 9.97. The van der Waals surface area contributed by atoms with Gasteiger partial charge in [-0.3, -0.25) is 37.0 Å². The van der Waals surface area contributed by atoms with E-state index in [4.69, 9.17) is 135 Å². The molecule has 0 bridgehead atoms. The summed E-state index contributed by atoms with van der Waals surface area (Å²) in [5, 5.41) is 19.5. The minimum Gasteiger partial charge on any atom is -0.490 e. The van der Waals surface area contributed by atoms with Crippen LogP contribution in [-0.2, 0) is 143 Å². The number of unbranched alkanes of at least 4 members (excludes halogenated alkanes) is 10. The smallest absolute Gasteiger partial charge is 0.490 e. The molecule has 0 heterocycles. The van der Waals surface area contributed by atoms with Gasteiger partial charge in [0.15, 0.2) is 11.6 Å². The highest BCUT2D eigenvalue weighted by molar-refractivity contribution is 7.99. The van der Waals surface area contributed by atoms with Crippen LogP contribution in [0.1, 0.15) is 186 Å². The van der Waals surface area contributed by atoms with Crippen LogP contribution in [0.4, 0.5) is 0 Å². The van der Waals surface area contributed by atoms with E-state index in [1.807, 2.05) is 20.8 Å². The molecule has 0 fully saturated rings. The summed E-state index contributed by atoms with van der Waals surface area (Å²) in [5.74, 6) is 2.99. The molecule has 0 aromatic heterocycles. The Morgan fingerprint density at radius 1 is 0.293 bits per heavy atom. The summed E-state index contributed by atoms with van der Waals surface area (Å²) in [4.78, 5) is 56.5. The Labute approximate surface area is 818 Å². The monoisotopic (exact) mass is 2120 g/mol. The van der Waals surface area contributed by atoms with Crippen molar-refractivity contribution in [2.75, 3.05) is 220 Å². The summed E-state index contributed by atoms with van der Waals surface area (Å²) in [5.41, 5.74) is -2.02. The van der Waals surface area contributed by atoms with Gasteiger partial charge in [0.1, 0.15) is 49.1 Å². The first kappa shape index (κ1) is 146. The third-order valence-corrected chi connectivity index (χ3v) is 42.5. The number of ketones is 2. The third-order valence-electron chi connectivity index (χ3n) is 19.3. The fraction of sp³-hybridized carbons (Fsp3) is 0.805. The summed E-state index contributed by atoms with van der Waals surface area (Å²) < 4.78 is 179. The fourth-order valence-corrected chi connectivity index (χ4v) is 24.8. The second-order valence-electron chi connectivity index (χ2n) is 28.4. The Morgan fingerprint density at radius 2 is 0.496 bits per heavy atom. The molecule has 133 heavy (non-hydrogen) atoms. The van der Waals surface area contributed by atoms with Crippen molar-refractivity contribution in [3.05, 3.63) is 59.7 Å². The Balaban J connectivity index is -0.000000234. The molecule has 51 heteroatoms. The maximum Gasteiger partial charge on any atom is 0.676 e. The van der Waals surface area contributed by atoms with Crippen molar-refractivity contribution in [1.29, 1.82) is 0 Å². The van der Waals surface area contributed by atoms with Crippen molar-refractivity contribution in [3.8, 4) is 11.5 Å². The number of Topliss-reactive ketones (excluding diaryl/α,β-unsaturated/α-hetero) is 2. The van der Waals surface area contributed by atoms with Gasteiger partial charge in [0.05, 0.1) is 12.8 Å². The molecule has 2 aromatic rings. The molecule has 0 saturated heterocycles. The largest absolute Gasteiger partial charge is 0.676 e. The van der Waals surface area contributed by atoms with E-state index in [0.717, 1.165) is 79.5 Å². The normalized spacial score (nSPS) is 11.5. The van der Waals surface area contributed by atoms with Crippen molar-refractivity contribution in [2.45, 2.75) is 219 Å². The molecular weight excluding hydrogens is 1950 g/mol. The molecule has 0 aliphatic heterocycles. The topological polar surface area (TPSA) is 456 Å². The Morgan fingerprint density at radius 3 is 0.669 bits per heavy atom. The fourth-order valence-electron chi connectivity index (χ4n) is 10.9. The molecule has 0 spiro atoms. The zero-order chi connectivity index (χ0) is 104. The quantitative estimate of drug-likeness (QED) is 0.0240. The predicted molar refractivity (Wildman–Crippen MR) is 528 cm³/mol. The van der Waals surface area contributed by atoms with Crippen molar-refractivity contribution >= 4 is 136 Å². The molecule has 0 saturated carbocycles. The minimum atomic E-state index is -3.17. The summed E-state index contributed by atoms with van der Waals surface area (Å²) in [6.45, 7) is 17.0. The molecule has 0 aliphatic rings. The first-order valence-corrected chi connectivity index (χ1v) is 62.6. The summed E-state index contributed by atoms with van der Waals surface area (Å²) >= 11 is 3.35. The SMILES string of the molecule is CCCCCCCC[Si](OC)(OC)OC.CCCCCCCC[Si](OC)(OC)OC.CC[Si](OC)(OC)OC.CC[Si](OC)(OC)OC.CC[Si](OC)(OC)OC.CO[Si](CCCSCCC(=O)OCCOc1ccc(C(=O)C(C)(C)O)cc1)(OC)OC.CO[Si](CCCSCCC(=O)OCCOc1ccc(C(=O)C(C)(C)O)cc1)(OC)OC.CO[Si](O)(OC)OC.O=[Si]=O.O=[Si]=O. The van der Waals surface area contributed by atoms with Crippen LogP contribution in [0.3, 0.4) is 0 Å². The second kappa shape index (κ2) is 91.8. The van der Waals surface area contributed by atoms with E-state index < -0.39 is 100 Å². The van der Waals surface area contributed by atoms with Crippen molar-refractivity contribution in [2.24, 2.45) is 0 Å².